The highest BCUT2D eigenvalue weighted by molar-refractivity contribution is 5.79. The first-order valence-electron chi connectivity index (χ1n) is 11.6. The number of nitrogens with one attached hydrogen (secondary N) is 1. The quantitative estimate of drug-likeness (QED) is 0.332. The zero-order valence-electron chi connectivity index (χ0n) is 19.1. The van der Waals surface area contributed by atoms with Crippen molar-refractivity contribution in [3.05, 3.63) is 120 Å². The summed E-state index contributed by atoms with van der Waals surface area (Å²) in [6.45, 7) is 0.167. The summed E-state index contributed by atoms with van der Waals surface area (Å²) < 4.78 is 5.68. The average molecular weight is 464 g/mol. The number of carbonyl (C=O) groups excluding carboxylic acids is 1. The molecular formula is C30H25NO4. The molecule has 0 saturated heterocycles. The summed E-state index contributed by atoms with van der Waals surface area (Å²) in [7, 11) is 0. The van der Waals surface area contributed by atoms with Crippen molar-refractivity contribution in [1.29, 1.82) is 0 Å². The van der Waals surface area contributed by atoms with E-state index in [4.69, 9.17) is 4.74 Å². The molecule has 1 aliphatic carbocycles. The van der Waals surface area contributed by atoms with Crippen LogP contribution in [0.2, 0.25) is 0 Å². The summed E-state index contributed by atoms with van der Waals surface area (Å²) in [5.41, 5.74) is 7.10. The fourth-order valence-corrected chi connectivity index (χ4v) is 4.88. The minimum atomic E-state index is -1.00. The second kappa shape index (κ2) is 9.85. The van der Waals surface area contributed by atoms with Gasteiger partial charge in [0, 0.05) is 5.92 Å². The van der Waals surface area contributed by atoms with Crippen molar-refractivity contribution in [1.82, 2.24) is 5.32 Å². The van der Waals surface area contributed by atoms with E-state index in [0.29, 0.717) is 0 Å². The number of aliphatic carboxylic acids is 1. The number of amides is 1. The van der Waals surface area contributed by atoms with Crippen molar-refractivity contribution in [2.45, 2.75) is 18.4 Å². The SMILES string of the molecule is O=C(O)CC(NC(=O)OCC1c2ccccc2-c2ccccc21)c1ccccc1-c1ccccc1. The maximum Gasteiger partial charge on any atom is 0.407 e. The molecule has 0 fully saturated rings. The van der Waals surface area contributed by atoms with Gasteiger partial charge in [-0.05, 0) is 38.9 Å². The van der Waals surface area contributed by atoms with Gasteiger partial charge in [0.25, 0.3) is 0 Å². The lowest BCUT2D eigenvalue weighted by molar-refractivity contribution is -0.137. The lowest BCUT2D eigenvalue weighted by Gasteiger charge is -2.21. The molecule has 0 radical (unpaired) electrons. The number of carboxylic acids is 1. The van der Waals surface area contributed by atoms with Gasteiger partial charge in [-0.3, -0.25) is 4.79 Å². The van der Waals surface area contributed by atoms with Crippen LogP contribution in [0.3, 0.4) is 0 Å². The summed E-state index contributed by atoms with van der Waals surface area (Å²) in [5, 5.41) is 12.4. The van der Waals surface area contributed by atoms with Crippen LogP contribution in [-0.2, 0) is 9.53 Å². The standard InChI is InChI=1S/C30H25NO4/c32-29(33)18-28(26-17-9-4-12-21(26)20-10-2-1-3-11-20)31-30(34)35-19-27-24-15-7-5-13-22(24)23-14-6-8-16-25(23)27/h1-17,27-28H,18-19H2,(H,31,34)(H,32,33). The molecule has 4 aromatic rings. The Kier molecular flexibility index (Phi) is 6.31. The van der Waals surface area contributed by atoms with Gasteiger partial charge in [0.2, 0.25) is 0 Å². The van der Waals surface area contributed by atoms with Crippen molar-refractivity contribution in [3.8, 4) is 22.3 Å². The van der Waals surface area contributed by atoms with E-state index in [-0.39, 0.29) is 18.9 Å². The Balaban J connectivity index is 1.36. The molecule has 1 amide bonds. The number of hydrogen-bond acceptors (Lipinski definition) is 3. The number of ether oxygens (including phenoxy) is 1. The van der Waals surface area contributed by atoms with E-state index in [9.17, 15) is 14.7 Å². The first-order valence-corrected chi connectivity index (χ1v) is 11.6. The highest BCUT2D eigenvalue weighted by Crippen LogP contribution is 2.44. The van der Waals surface area contributed by atoms with Gasteiger partial charge >= 0.3 is 12.1 Å². The Morgan fingerprint density at radius 3 is 1.91 bits per heavy atom. The third-order valence-electron chi connectivity index (χ3n) is 6.44. The summed E-state index contributed by atoms with van der Waals surface area (Å²) in [6.07, 6.45) is -0.894. The number of hydrogen-bond donors (Lipinski definition) is 2. The normalized spacial score (nSPS) is 12.9. The molecule has 4 aromatic carbocycles. The molecule has 0 heterocycles. The predicted octanol–water partition coefficient (Wildman–Crippen LogP) is 6.41. The monoisotopic (exact) mass is 463 g/mol. The van der Waals surface area contributed by atoms with Crippen molar-refractivity contribution < 1.29 is 19.4 Å². The van der Waals surface area contributed by atoms with E-state index in [1.165, 1.54) is 0 Å². The summed E-state index contributed by atoms with van der Waals surface area (Å²) in [5.74, 6) is -1.07. The molecule has 0 aliphatic heterocycles. The number of carboxylic acid groups (broad SMARTS) is 1. The van der Waals surface area contributed by atoms with Gasteiger partial charge in [0.1, 0.15) is 6.61 Å². The van der Waals surface area contributed by atoms with E-state index < -0.39 is 18.1 Å². The van der Waals surface area contributed by atoms with Gasteiger partial charge in [-0.15, -0.1) is 0 Å². The maximum absolute atomic E-state index is 12.9. The molecule has 0 saturated carbocycles. The van der Waals surface area contributed by atoms with Crippen molar-refractivity contribution in [2.75, 3.05) is 6.61 Å². The molecule has 0 aromatic heterocycles. The highest BCUT2D eigenvalue weighted by Gasteiger charge is 2.29. The van der Waals surface area contributed by atoms with Gasteiger partial charge in [0.05, 0.1) is 12.5 Å². The fourth-order valence-electron chi connectivity index (χ4n) is 4.88. The van der Waals surface area contributed by atoms with Crippen LogP contribution in [0.4, 0.5) is 4.79 Å². The first-order chi connectivity index (χ1) is 17.1. The summed E-state index contributed by atoms with van der Waals surface area (Å²) in [4.78, 5) is 24.6. The molecule has 35 heavy (non-hydrogen) atoms. The van der Waals surface area contributed by atoms with Crippen molar-refractivity contribution >= 4 is 12.1 Å². The Morgan fingerprint density at radius 1 is 0.743 bits per heavy atom. The number of fused-ring (bicyclic) bond motifs is 3. The van der Waals surface area contributed by atoms with Crippen LogP contribution in [-0.4, -0.2) is 23.8 Å². The Morgan fingerprint density at radius 2 is 1.29 bits per heavy atom. The highest BCUT2D eigenvalue weighted by atomic mass is 16.5. The van der Waals surface area contributed by atoms with Crippen LogP contribution >= 0.6 is 0 Å². The van der Waals surface area contributed by atoms with E-state index in [0.717, 1.165) is 38.9 Å². The number of rotatable bonds is 7. The lowest BCUT2D eigenvalue weighted by Crippen LogP contribution is -2.32. The summed E-state index contributed by atoms with van der Waals surface area (Å²) in [6, 6.07) is 32.8. The molecule has 0 spiro atoms. The van der Waals surface area contributed by atoms with Crippen LogP contribution < -0.4 is 5.32 Å². The Bertz CT molecular complexity index is 1320. The average Bonchev–Trinajstić information content (AvgIpc) is 3.21. The second-order valence-corrected chi connectivity index (χ2v) is 8.57. The molecule has 2 N–H and O–H groups in total. The molecule has 1 atom stereocenters. The predicted molar refractivity (Wildman–Crippen MR) is 135 cm³/mol. The molecule has 1 unspecified atom stereocenters. The third kappa shape index (κ3) is 4.66. The van der Waals surface area contributed by atoms with Crippen LogP contribution in [0, 0.1) is 0 Å². The minimum absolute atomic E-state index is 0.0670. The first kappa shape index (κ1) is 22.4. The number of carbonyl (C=O) groups is 2. The van der Waals surface area contributed by atoms with E-state index >= 15 is 0 Å². The third-order valence-corrected chi connectivity index (χ3v) is 6.44. The molecule has 174 valence electrons. The zero-order valence-corrected chi connectivity index (χ0v) is 19.1. The van der Waals surface area contributed by atoms with E-state index in [1.807, 2.05) is 78.9 Å². The molecular weight excluding hydrogens is 438 g/mol. The van der Waals surface area contributed by atoms with Crippen LogP contribution in [0.5, 0.6) is 0 Å². The largest absolute Gasteiger partial charge is 0.481 e. The number of alkyl carbamates (subject to hydrolysis) is 1. The van der Waals surface area contributed by atoms with Gasteiger partial charge in [-0.25, -0.2) is 4.79 Å². The van der Waals surface area contributed by atoms with Gasteiger partial charge in [0.15, 0.2) is 0 Å². The molecule has 1 aliphatic rings. The topological polar surface area (TPSA) is 75.6 Å². The number of benzene rings is 4. The van der Waals surface area contributed by atoms with Crippen molar-refractivity contribution in [3.63, 3.8) is 0 Å². The van der Waals surface area contributed by atoms with Crippen LogP contribution in [0.15, 0.2) is 103 Å². The lowest BCUT2D eigenvalue weighted by atomic mass is 9.93. The van der Waals surface area contributed by atoms with E-state index in [1.54, 1.807) is 0 Å². The van der Waals surface area contributed by atoms with Crippen LogP contribution in [0.1, 0.15) is 35.1 Å². The zero-order chi connectivity index (χ0) is 24.2. The summed E-state index contributed by atoms with van der Waals surface area (Å²) >= 11 is 0. The van der Waals surface area contributed by atoms with Gasteiger partial charge < -0.3 is 15.2 Å². The van der Waals surface area contributed by atoms with Gasteiger partial charge in [-0.1, -0.05) is 103 Å². The molecule has 0 bridgehead atoms. The Hall–Kier alpha value is -4.38. The van der Waals surface area contributed by atoms with Crippen molar-refractivity contribution in [2.24, 2.45) is 0 Å². The molecule has 5 nitrogen and oxygen atoms in total. The Labute approximate surface area is 204 Å². The smallest absolute Gasteiger partial charge is 0.407 e. The fraction of sp³-hybridized carbons (Fsp3) is 0.133. The molecule has 5 heteroatoms. The maximum atomic E-state index is 12.9. The minimum Gasteiger partial charge on any atom is -0.481 e. The van der Waals surface area contributed by atoms with E-state index in [2.05, 4.69) is 29.6 Å². The second-order valence-electron chi connectivity index (χ2n) is 8.57. The van der Waals surface area contributed by atoms with Gasteiger partial charge in [-0.2, -0.15) is 0 Å². The molecule has 5 rings (SSSR count). The van der Waals surface area contributed by atoms with Crippen LogP contribution in [0.25, 0.3) is 22.3 Å².